The lowest BCUT2D eigenvalue weighted by Gasteiger charge is -2.36. The number of nitrogens with one attached hydrogen (secondary N) is 1. The zero-order valence-electron chi connectivity index (χ0n) is 12.2. The zero-order valence-corrected chi connectivity index (χ0v) is 12.2. The van der Waals surface area contributed by atoms with Crippen LogP contribution in [0.15, 0.2) is 18.2 Å². The molecule has 0 spiro atoms. The summed E-state index contributed by atoms with van der Waals surface area (Å²) in [5, 5.41) is 12.7. The molecule has 0 aliphatic heterocycles. The van der Waals surface area contributed by atoms with Crippen molar-refractivity contribution in [1.82, 2.24) is 5.32 Å². The molecular formula is C16H20F2N2O. The molecule has 21 heavy (non-hydrogen) atoms. The maximum absolute atomic E-state index is 13.7. The standard InChI is InChI=1S/C16H20F2N2O/c1-2-9-20-16(11-19)8-4-5-12(10-16)21-14-7-3-6-13(17)15(14)18/h3,6-7,12,20H,2,4-5,8-10H2,1H3. The quantitative estimate of drug-likeness (QED) is 0.903. The molecule has 1 aromatic carbocycles. The molecule has 3 nitrogen and oxygen atoms in total. The monoisotopic (exact) mass is 294 g/mol. The predicted molar refractivity (Wildman–Crippen MR) is 75.9 cm³/mol. The van der Waals surface area contributed by atoms with Gasteiger partial charge in [0, 0.05) is 6.42 Å². The van der Waals surface area contributed by atoms with Gasteiger partial charge in [0.2, 0.25) is 5.82 Å². The van der Waals surface area contributed by atoms with E-state index in [1.807, 2.05) is 6.92 Å². The van der Waals surface area contributed by atoms with Crippen LogP contribution in [0.2, 0.25) is 0 Å². The van der Waals surface area contributed by atoms with Gasteiger partial charge in [-0.3, -0.25) is 5.32 Å². The maximum atomic E-state index is 13.7. The third-order valence-electron chi connectivity index (χ3n) is 3.84. The Morgan fingerprint density at radius 3 is 3.00 bits per heavy atom. The number of rotatable bonds is 5. The van der Waals surface area contributed by atoms with Crippen LogP contribution in [0, 0.1) is 23.0 Å². The van der Waals surface area contributed by atoms with E-state index in [2.05, 4.69) is 11.4 Å². The molecule has 2 rings (SSSR count). The van der Waals surface area contributed by atoms with Crippen LogP contribution >= 0.6 is 0 Å². The van der Waals surface area contributed by atoms with Crippen molar-refractivity contribution < 1.29 is 13.5 Å². The molecule has 2 atom stereocenters. The van der Waals surface area contributed by atoms with Gasteiger partial charge < -0.3 is 4.74 Å². The molecule has 0 radical (unpaired) electrons. The Hall–Kier alpha value is -1.67. The molecule has 1 aliphatic rings. The summed E-state index contributed by atoms with van der Waals surface area (Å²) in [4.78, 5) is 0. The Morgan fingerprint density at radius 2 is 2.29 bits per heavy atom. The molecule has 1 saturated carbocycles. The first-order chi connectivity index (χ1) is 10.1. The largest absolute Gasteiger partial charge is 0.487 e. The van der Waals surface area contributed by atoms with E-state index in [1.54, 1.807) is 0 Å². The summed E-state index contributed by atoms with van der Waals surface area (Å²) in [6.45, 7) is 2.80. The van der Waals surface area contributed by atoms with Crippen molar-refractivity contribution in [2.24, 2.45) is 0 Å². The third-order valence-corrected chi connectivity index (χ3v) is 3.84. The predicted octanol–water partition coefficient (Wildman–Crippen LogP) is 3.55. The molecule has 0 amide bonds. The highest BCUT2D eigenvalue weighted by Crippen LogP contribution is 2.32. The van der Waals surface area contributed by atoms with Crippen LogP contribution in [-0.4, -0.2) is 18.2 Å². The molecular weight excluding hydrogens is 274 g/mol. The minimum atomic E-state index is -0.966. The van der Waals surface area contributed by atoms with Crippen LogP contribution in [0.4, 0.5) is 8.78 Å². The van der Waals surface area contributed by atoms with Crippen LogP contribution in [0.1, 0.15) is 39.0 Å². The summed E-state index contributed by atoms with van der Waals surface area (Å²) in [7, 11) is 0. The van der Waals surface area contributed by atoms with Gasteiger partial charge in [0.05, 0.1) is 6.07 Å². The van der Waals surface area contributed by atoms with Crippen molar-refractivity contribution in [3.63, 3.8) is 0 Å². The van der Waals surface area contributed by atoms with Crippen LogP contribution < -0.4 is 10.1 Å². The van der Waals surface area contributed by atoms with Crippen LogP contribution in [0.3, 0.4) is 0 Å². The summed E-state index contributed by atoms with van der Waals surface area (Å²) in [5.74, 6) is -1.96. The summed E-state index contributed by atoms with van der Waals surface area (Å²) >= 11 is 0. The Morgan fingerprint density at radius 1 is 1.48 bits per heavy atom. The molecule has 1 aromatic rings. The van der Waals surface area contributed by atoms with Gasteiger partial charge in [0.25, 0.3) is 0 Å². The molecule has 5 heteroatoms. The molecule has 0 aromatic heterocycles. The number of hydrogen-bond donors (Lipinski definition) is 1. The number of benzene rings is 1. The highest BCUT2D eigenvalue weighted by Gasteiger charge is 2.37. The first kappa shape index (κ1) is 15.7. The number of nitrogens with zero attached hydrogens (tertiary/aromatic N) is 1. The van der Waals surface area contributed by atoms with Crippen molar-refractivity contribution in [2.75, 3.05) is 6.54 Å². The number of ether oxygens (including phenoxy) is 1. The molecule has 0 bridgehead atoms. The van der Waals surface area contributed by atoms with Crippen LogP contribution in [0.5, 0.6) is 5.75 Å². The van der Waals surface area contributed by atoms with Gasteiger partial charge in [-0.1, -0.05) is 13.0 Å². The lowest BCUT2D eigenvalue weighted by molar-refractivity contribution is 0.107. The average molecular weight is 294 g/mol. The minimum Gasteiger partial charge on any atom is -0.487 e. The van der Waals surface area contributed by atoms with E-state index < -0.39 is 17.2 Å². The van der Waals surface area contributed by atoms with Crippen LogP contribution in [0.25, 0.3) is 0 Å². The fourth-order valence-corrected chi connectivity index (χ4v) is 2.75. The summed E-state index contributed by atoms with van der Waals surface area (Å²) in [6.07, 6.45) is 3.47. The van der Waals surface area contributed by atoms with Gasteiger partial charge in [-0.15, -0.1) is 0 Å². The molecule has 114 valence electrons. The van der Waals surface area contributed by atoms with Gasteiger partial charge in [-0.05, 0) is 44.4 Å². The van der Waals surface area contributed by atoms with E-state index in [9.17, 15) is 14.0 Å². The first-order valence-corrected chi connectivity index (χ1v) is 7.37. The molecule has 1 N–H and O–H groups in total. The lowest BCUT2D eigenvalue weighted by Crippen LogP contribution is -2.50. The second-order valence-corrected chi connectivity index (χ2v) is 5.51. The normalized spacial score (nSPS) is 25.3. The Kier molecular flexibility index (Phi) is 5.13. The molecule has 2 unspecified atom stereocenters. The molecule has 1 fully saturated rings. The topological polar surface area (TPSA) is 45.0 Å². The summed E-state index contributed by atoms with van der Waals surface area (Å²) in [6, 6.07) is 6.23. The summed E-state index contributed by atoms with van der Waals surface area (Å²) in [5.41, 5.74) is -0.622. The second kappa shape index (κ2) is 6.86. The third kappa shape index (κ3) is 3.70. The van der Waals surface area contributed by atoms with Gasteiger partial charge in [0.15, 0.2) is 11.6 Å². The lowest BCUT2D eigenvalue weighted by atomic mass is 9.81. The Balaban J connectivity index is 2.07. The van der Waals surface area contributed by atoms with Gasteiger partial charge in [-0.2, -0.15) is 9.65 Å². The highest BCUT2D eigenvalue weighted by molar-refractivity contribution is 5.25. The number of nitriles is 1. The number of hydrogen-bond acceptors (Lipinski definition) is 3. The average Bonchev–Trinajstić information content (AvgIpc) is 2.50. The van der Waals surface area contributed by atoms with Crippen molar-refractivity contribution >= 4 is 0 Å². The SMILES string of the molecule is CCCNC1(C#N)CCCC(Oc2cccc(F)c2F)C1. The molecule has 1 aliphatic carbocycles. The Bertz CT molecular complexity index is 529. The van der Waals surface area contributed by atoms with E-state index in [4.69, 9.17) is 4.74 Å². The smallest absolute Gasteiger partial charge is 0.200 e. The first-order valence-electron chi connectivity index (χ1n) is 7.37. The van der Waals surface area contributed by atoms with Crippen molar-refractivity contribution in [3.8, 4) is 11.8 Å². The number of halogens is 2. The van der Waals surface area contributed by atoms with E-state index in [1.165, 1.54) is 12.1 Å². The second-order valence-electron chi connectivity index (χ2n) is 5.51. The van der Waals surface area contributed by atoms with Gasteiger partial charge >= 0.3 is 0 Å². The molecule has 0 heterocycles. The summed E-state index contributed by atoms with van der Waals surface area (Å²) < 4.78 is 32.4. The highest BCUT2D eigenvalue weighted by atomic mass is 19.2. The van der Waals surface area contributed by atoms with Crippen molar-refractivity contribution in [1.29, 1.82) is 5.26 Å². The maximum Gasteiger partial charge on any atom is 0.200 e. The van der Waals surface area contributed by atoms with Crippen molar-refractivity contribution in [3.05, 3.63) is 29.8 Å². The van der Waals surface area contributed by atoms with E-state index in [-0.39, 0.29) is 11.9 Å². The van der Waals surface area contributed by atoms with Gasteiger partial charge in [0.1, 0.15) is 11.6 Å². The molecule has 0 saturated heterocycles. The van der Waals surface area contributed by atoms with E-state index in [0.717, 1.165) is 38.3 Å². The fourth-order valence-electron chi connectivity index (χ4n) is 2.75. The van der Waals surface area contributed by atoms with Crippen LogP contribution in [-0.2, 0) is 0 Å². The Labute approximate surface area is 123 Å². The van der Waals surface area contributed by atoms with Gasteiger partial charge in [-0.25, -0.2) is 4.39 Å². The van der Waals surface area contributed by atoms with E-state index >= 15 is 0 Å². The van der Waals surface area contributed by atoms with Crippen molar-refractivity contribution in [2.45, 2.75) is 50.7 Å². The minimum absolute atomic E-state index is 0.0794. The zero-order chi connectivity index (χ0) is 15.3. The fraction of sp³-hybridized carbons (Fsp3) is 0.562. The van der Waals surface area contributed by atoms with E-state index in [0.29, 0.717) is 6.42 Å².